The summed E-state index contributed by atoms with van der Waals surface area (Å²) in [6.07, 6.45) is 15.0. The molecule has 0 amide bonds. The number of benzene rings is 1. The molecular weight excluding hydrogens is 440 g/mol. The maximum absolute atomic E-state index is 12.7. The highest BCUT2D eigenvalue weighted by molar-refractivity contribution is 5.84. The van der Waals surface area contributed by atoms with Crippen LogP contribution in [-0.4, -0.2) is 31.8 Å². The molecule has 0 N–H and O–H groups in total. The standard InChI is InChI=1S/C30H46O5/c1-3-4-7-13-28(35-30-15-10-11-22-34-30)24-18-16-23(17-19-24)25-20-21-27(31)26(25)12-8-5-6-9-14-29(32)33-2/h16-19,25-26,28,30H,3-15,20-22H2,1-2H3/t25?,26-,28?,30?/m1/s1. The molecule has 0 spiro atoms. The Hall–Kier alpha value is -1.72. The number of hydrogen-bond donors (Lipinski definition) is 0. The van der Waals surface area contributed by atoms with Gasteiger partial charge in [0.05, 0.1) is 13.2 Å². The SMILES string of the molecule is CCCCCC(OC1CCCCO1)c1ccc(C2CCC(=O)[C@@H]2CCCCCCC(=O)OC)cc1. The maximum atomic E-state index is 12.7. The average Bonchev–Trinajstić information content (AvgIpc) is 3.26. The summed E-state index contributed by atoms with van der Waals surface area (Å²) in [7, 11) is 1.44. The fourth-order valence-electron chi connectivity index (χ4n) is 5.61. The number of esters is 1. The Kier molecular flexibility index (Phi) is 12.3. The molecule has 0 aromatic heterocycles. The molecule has 1 heterocycles. The van der Waals surface area contributed by atoms with E-state index in [1.165, 1.54) is 37.5 Å². The molecule has 1 aromatic rings. The highest BCUT2D eigenvalue weighted by Gasteiger charge is 2.35. The van der Waals surface area contributed by atoms with E-state index in [1.54, 1.807) is 0 Å². The number of Topliss-reactive ketones (excluding diaryl/α,β-unsaturated/α-hetero) is 1. The third-order valence-electron chi connectivity index (χ3n) is 7.73. The van der Waals surface area contributed by atoms with E-state index >= 15 is 0 Å². The molecule has 5 nitrogen and oxygen atoms in total. The molecule has 1 aliphatic heterocycles. The molecule has 35 heavy (non-hydrogen) atoms. The van der Waals surface area contributed by atoms with Crippen LogP contribution in [0.1, 0.15) is 126 Å². The first-order valence-corrected chi connectivity index (χ1v) is 14.1. The highest BCUT2D eigenvalue weighted by atomic mass is 16.7. The van der Waals surface area contributed by atoms with Crippen molar-refractivity contribution in [3.63, 3.8) is 0 Å². The third kappa shape index (κ3) is 9.02. The number of methoxy groups -OCH3 is 1. The molecule has 1 saturated carbocycles. The second-order valence-corrected chi connectivity index (χ2v) is 10.3. The normalized spacial score (nSPS) is 23.4. The predicted octanol–water partition coefficient (Wildman–Crippen LogP) is 7.43. The van der Waals surface area contributed by atoms with E-state index in [2.05, 4.69) is 31.2 Å². The van der Waals surface area contributed by atoms with Crippen LogP contribution in [0.15, 0.2) is 24.3 Å². The van der Waals surface area contributed by atoms with Gasteiger partial charge in [-0.1, -0.05) is 69.7 Å². The van der Waals surface area contributed by atoms with E-state index in [9.17, 15) is 9.59 Å². The van der Waals surface area contributed by atoms with Gasteiger partial charge in [-0.25, -0.2) is 0 Å². The van der Waals surface area contributed by atoms with Crippen LogP contribution in [0.4, 0.5) is 0 Å². The summed E-state index contributed by atoms with van der Waals surface area (Å²) >= 11 is 0. The Morgan fingerprint density at radius 2 is 1.83 bits per heavy atom. The summed E-state index contributed by atoms with van der Waals surface area (Å²) in [4.78, 5) is 23.9. The molecular formula is C30H46O5. The van der Waals surface area contributed by atoms with Crippen LogP contribution in [0.25, 0.3) is 0 Å². The fourth-order valence-corrected chi connectivity index (χ4v) is 5.61. The van der Waals surface area contributed by atoms with E-state index in [-0.39, 0.29) is 24.3 Å². The van der Waals surface area contributed by atoms with Crippen molar-refractivity contribution in [3.05, 3.63) is 35.4 Å². The monoisotopic (exact) mass is 486 g/mol. The number of carbonyl (C=O) groups excluding carboxylic acids is 2. The van der Waals surface area contributed by atoms with Crippen LogP contribution in [0.2, 0.25) is 0 Å². The number of ether oxygens (including phenoxy) is 3. The molecule has 2 fully saturated rings. The van der Waals surface area contributed by atoms with Crippen molar-refractivity contribution in [2.24, 2.45) is 5.92 Å². The molecule has 2 aliphatic rings. The van der Waals surface area contributed by atoms with Crippen molar-refractivity contribution < 1.29 is 23.8 Å². The second kappa shape index (κ2) is 15.4. The van der Waals surface area contributed by atoms with E-state index in [0.717, 1.165) is 70.8 Å². The lowest BCUT2D eigenvalue weighted by Crippen LogP contribution is -2.24. The number of rotatable bonds is 15. The van der Waals surface area contributed by atoms with E-state index < -0.39 is 0 Å². The molecule has 3 rings (SSSR count). The minimum absolute atomic E-state index is 0.0738. The van der Waals surface area contributed by atoms with Gasteiger partial charge in [0, 0.05) is 25.4 Å². The number of carbonyl (C=O) groups is 2. The predicted molar refractivity (Wildman–Crippen MR) is 138 cm³/mol. The van der Waals surface area contributed by atoms with Gasteiger partial charge in [0.25, 0.3) is 0 Å². The largest absolute Gasteiger partial charge is 0.469 e. The molecule has 1 aliphatic carbocycles. The van der Waals surface area contributed by atoms with Crippen LogP contribution in [0.5, 0.6) is 0 Å². The zero-order valence-corrected chi connectivity index (χ0v) is 22.0. The lowest BCUT2D eigenvalue weighted by Gasteiger charge is -2.28. The maximum Gasteiger partial charge on any atom is 0.305 e. The summed E-state index contributed by atoms with van der Waals surface area (Å²) < 4.78 is 17.0. The van der Waals surface area contributed by atoms with Crippen LogP contribution >= 0.6 is 0 Å². The van der Waals surface area contributed by atoms with Crippen molar-refractivity contribution in [1.29, 1.82) is 0 Å². The molecule has 4 atom stereocenters. The summed E-state index contributed by atoms with van der Waals surface area (Å²) in [6, 6.07) is 8.92. The van der Waals surface area contributed by atoms with E-state index in [0.29, 0.717) is 24.5 Å². The van der Waals surface area contributed by atoms with E-state index in [1.807, 2.05) is 0 Å². The van der Waals surface area contributed by atoms with Gasteiger partial charge in [-0.2, -0.15) is 0 Å². The Morgan fingerprint density at radius 1 is 1.03 bits per heavy atom. The molecule has 0 radical (unpaired) electrons. The fraction of sp³-hybridized carbons (Fsp3) is 0.733. The van der Waals surface area contributed by atoms with E-state index in [4.69, 9.17) is 14.2 Å². The molecule has 1 aromatic carbocycles. The Labute approximate surface area is 212 Å². The zero-order chi connectivity index (χ0) is 24.9. The van der Waals surface area contributed by atoms with Crippen molar-refractivity contribution in [3.8, 4) is 0 Å². The molecule has 1 saturated heterocycles. The molecule has 196 valence electrons. The number of unbranched alkanes of at least 4 members (excludes halogenated alkanes) is 5. The Bertz CT molecular complexity index is 753. The van der Waals surface area contributed by atoms with Crippen molar-refractivity contribution in [2.45, 2.75) is 122 Å². The third-order valence-corrected chi connectivity index (χ3v) is 7.73. The summed E-state index contributed by atoms with van der Waals surface area (Å²) in [5.74, 6) is 0.745. The first-order chi connectivity index (χ1) is 17.1. The minimum atomic E-state index is -0.135. The van der Waals surface area contributed by atoms with Crippen LogP contribution < -0.4 is 0 Å². The summed E-state index contributed by atoms with van der Waals surface area (Å²) in [5.41, 5.74) is 2.52. The smallest absolute Gasteiger partial charge is 0.305 e. The van der Waals surface area contributed by atoms with Crippen LogP contribution in [0.3, 0.4) is 0 Å². The molecule has 0 bridgehead atoms. The average molecular weight is 487 g/mol. The topological polar surface area (TPSA) is 61.8 Å². The van der Waals surface area contributed by atoms with Crippen LogP contribution in [0, 0.1) is 5.92 Å². The minimum Gasteiger partial charge on any atom is -0.469 e. The summed E-state index contributed by atoms with van der Waals surface area (Å²) in [5, 5.41) is 0. The number of hydrogen-bond acceptors (Lipinski definition) is 5. The Morgan fingerprint density at radius 3 is 2.54 bits per heavy atom. The second-order valence-electron chi connectivity index (χ2n) is 10.3. The van der Waals surface area contributed by atoms with Gasteiger partial charge >= 0.3 is 5.97 Å². The van der Waals surface area contributed by atoms with Gasteiger partial charge in [-0.3, -0.25) is 9.59 Å². The first-order valence-electron chi connectivity index (χ1n) is 14.1. The molecule has 3 unspecified atom stereocenters. The van der Waals surface area contributed by atoms with Gasteiger partial charge < -0.3 is 14.2 Å². The summed E-state index contributed by atoms with van der Waals surface area (Å²) in [6.45, 7) is 3.03. The van der Waals surface area contributed by atoms with Crippen molar-refractivity contribution >= 4 is 11.8 Å². The quantitative estimate of drug-likeness (QED) is 0.191. The Balaban J connectivity index is 1.55. The van der Waals surface area contributed by atoms with Gasteiger partial charge in [0.15, 0.2) is 6.29 Å². The van der Waals surface area contributed by atoms with Gasteiger partial charge in [-0.15, -0.1) is 0 Å². The van der Waals surface area contributed by atoms with Gasteiger partial charge in [-0.05, 0) is 62.0 Å². The highest BCUT2D eigenvalue weighted by Crippen LogP contribution is 2.41. The van der Waals surface area contributed by atoms with Crippen LogP contribution in [-0.2, 0) is 23.8 Å². The first kappa shape index (κ1) is 27.9. The van der Waals surface area contributed by atoms with Crippen molar-refractivity contribution in [1.82, 2.24) is 0 Å². The number of ketones is 1. The van der Waals surface area contributed by atoms with Gasteiger partial charge in [0.2, 0.25) is 0 Å². The van der Waals surface area contributed by atoms with Gasteiger partial charge in [0.1, 0.15) is 5.78 Å². The molecule has 5 heteroatoms. The van der Waals surface area contributed by atoms with Crippen molar-refractivity contribution in [2.75, 3.05) is 13.7 Å². The lowest BCUT2D eigenvalue weighted by atomic mass is 9.84. The lowest BCUT2D eigenvalue weighted by molar-refractivity contribution is -0.191. The zero-order valence-electron chi connectivity index (χ0n) is 22.0.